The molecule has 1 fully saturated rings. The lowest BCUT2D eigenvalue weighted by atomic mass is 9.79. The Balaban J connectivity index is 2.57. The number of hydrogen-bond acceptors (Lipinski definition) is 4. The third-order valence-electron chi connectivity index (χ3n) is 3.50. The molecule has 0 aromatic rings. The summed E-state index contributed by atoms with van der Waals surface area (Å²) in [6.45, 7) is 0.265. The summed E-state index contributed by atoms with van der Waals surface area (Å²) in [4.78, 5) is 23.0. The minimum Gasteiger partial charge on any atom is -0.448 e. The van der Waals surface area contributed by atoms with Gasteiger partial charge in [0.15, 0.2) is 0 Å². The van der Waals surface area contributed by atoms with E-state index in [0.717, 1.165) is 25.7 Å². The van der Waals surface area contributed by atoms with Crippen molar-refractivity contribution in [2.75, 3.05) is 13.2 Å². The van der Waals surface area contributed by atoms with Crippen LogP contribution in [0.4, 0.5) is 4.79 Å². The molecule has 0 radical (unpaired) electrons. The average Bonchev–Trinajstić information content (AvgIpc) is 2.60. The lowest BCUT2D eigenvalue weighted by Gasteiger charge is -2.30. The van der Waals surface area contributed by atoms with Crippen LogP contribution in [0.5, 0.6) is 0 Å². The molecule has 0 atom stereocenters. The van der Waals surface area contributed by atoms with E-state index in [1.165, 1.54) is 0 Å². The van der Waals surface area contributed by atoms with Crippen molar-refractivity contribution >= 4 is 29.2 Å². The first kappa shape index (κ1) is 15.7. The highest BCUT2D eigenvalue weighted by atomic mass is 32.1. The molecule has 0 bridgehead atoms. The number of rotatable bonds is 5. The average molecular weight is 287 g/mol. The van der Waals surface area contributed by atoms with Crippen molar-refractivity contribution in [1.29, 1.82) is 0 Å². The van der Waals surface area contributed by atoms with Crippen LogP contribution in [0.2, 0.25) is 0 Å². The van der Waals surface area contributed by atoms with Crippen LogP contribution in [-0.4, -0.2) is 30.1 Å². The first-order valence-corrected chi connectivity index (χ1v) is 6.90. The van der Waals surface area contributed by atoms with Crippen molar-refractivity contribution in [3.8, 4) is 0 Å². The summed E-state index contributed by atoms with van der Waals surface area (Å²) in [5, 5.41) is 2.72. The van der Waals surface area contributed by atoms with E-state index in [4.69, 9.17) is 23.7 Å². The Morgan fingerprint density at radius 2 is 1.74 bits per heavy atom. The van der Waals surface area contributed by atoms with Crippen LogP contribution in [0.3, 0.4) is 0 Å². The monoisotopic (exact) mass is 287 g/mol. The van der Waals surface area contributed by atoms with Crippen molar-refractivity contribution in [3.05, 3.63) is 0 Å². The number of hydrogen-bond donors (Lipinski definition) is 3. The predicted octanol–water partition coefficient (Wildman–Crippen LogP) is 0.825. The highest BCUT2D eigenvalue weighted by Gasteiger charge is 2.41. The predicted molar refractivity (Wildman–Crippen MR) is 75.5 cm³/mol. The SMILES string of the molecule is NC(=O)OCCNC(=O)C1(C(N)=S)CCCCCC1. The van der Waals surface area contributed by atoms with Crippen molar-refractivity contribution in [1.82, 2.24) is 5.32 Å². The molecule has 1 aliphatic carbocycles. The maximum Gasteiger partial charge on any atom is 0.404 e. The number of carbonyl (C=O) groups is 2. The maximum absolute atomic E-state index is 12.3. The van der Waals surface area contributed by atoms with Crippen molar-refractivity contribution in [2.45, 2.75) is 38.5 Å². The number of thiocarbonyl (C=S) groups is 1. The second kappa shape index (κ2) is 7.28. The lowest BCUT2D eigenvalue weighted by Crippen LogP contribution is -2.49. The van der Waals surface area contributed by atoms with Gasteiger partial charge < -0.3 is 21.5 Å². The van der Waals surface area contributed by atoms with Crippen molar-refractivity contribution in [2.24, 2.45) is 16.9 Å². The second-order valence-corrected chi connectivity index (χ2v) is 5.22. The molecular weight excluding hydrogens is 266 g/mol. The minimum absolute atomic E-state index is 0.0501. The van der Waals surface area contributed by atoms with Gasteiger partial charge in [-0.1, -0.05) is 37.9 Å². The van der Waals surface area contributed by atoms with Crippen LogP contribution in [0.1, 0.15) is 38.5 Å². The van der Waals surface area contributed by atoms with E-state index in [1.807, 2.05) is 0 Å². The van der Waals surface area contributed by atoms with Crippen LogP contribution in [0.25, 0.3) is 0 Å². The van der Waals surface area contributed by atoms with E-state index < -0.39 is 11.5 Å². The molecule has 0 aromatic heterocycles. The third-order valence-corrected chi connectivity index (χ3v) is 3.89. The summed E-state index contributed by atoms with van der Waals surface area (Å²) in [5.41, 5.74) is 9.87. The molecule has 108 valence electrons. The van der Waals surface area contributed by atoms with E-state index in [2.05, 4.69) is 10.1 Å². The molecule has 1 saturated carbocycles. The lowest BCUT2D eigenvalue weighted by molar-refractivity contribution is -0.128. The zero-order chi connectivity index (χ0) is 14.3. The molecule has 1 rings (SSSR count). The normalized spacial score (nSPS) is 18.1. The van der Waals surface area contributed by atoms with Gasteiger partial charge in [-0.05, 0) is 12.8 Å². The van der Waals surface area contributed by atoms with Crippen molar-refractivity contribution in [3.63, 3.8) is 0 Å². The summed E-state index contributed by atoms with van der Waals surface area (Å²) in [6.07, 6.45) is 4.61. The van der Waals surface area contributed by atoms with E-state index in [-0.39, 0.29) is 24.0 Å². The quantitative estimate of drug-likeness (QED) is 0.394. The summed E-state index contributed by atoms with van der Waals surface area (Å²) in [7, 11) is 0. The van der Waals surface area contributed by atoms with Gasteiger partial charge in [-0.2, -0.15) is 0 Å². The Kier molecular flexibility index (Phi) is 6.01. The molecule has 1 aliphatic rings. The topological polar surface area (TPSA) is 107 Å². The number of nitrogens with two attached hydrogens (primary N) is 2. The first-order chi connectivity index (χ1) is 8.99. The molecule has 0 saturated heterocycles. The van der Waals surface area contributed by atoms with Gasteiger partial charge in [-0.25, -0.2) is 4.79 Å². The fraction of sp³-hybridized carbons (Fsp3) is 0.750. The molecule has 0 heterocycles. The Morgan fingerprint density at radius 3 is 2.21 bits per heavy atom. The maximum atomic E-state index is 12.3. The Labute approximate surface area is 118 Å². The van der Waals surface area contributed by atoms with Gasteiger partial charge in [-0.15, -0.1) is 0 Å². The highest BCUT2D eigenvalue weighted by molar-refractivity contribution is 7.80. The van der Waals surface area contributed by atoms with Crippen LogP contribution in [-0.2, 0) is 9.53 Å². The van der Waals surface area contributed by atoms with Gasteiger partial charge in [-0.3, -0.25) is 4.79 Å². The van der Waals surface area contributed by atoms with Crippen LogP contribution >= 0.6 is 12.2 Å². The van der Waals surface area contributed by atoms with Crippen molar-refractivity contribution < 1.29 is 14.3 Å². The standard InChI is InChI=1S/C12H21N3O3S/c13-9(19)12(5-3-1-2-4-6-12)10(16)15-7-8-18-11(14)17/h1-8H2,(H2,13,19)(H2,14,17)(H,15,16). The molecule has 6 nitrogen and oxygen atoms in total. The van der Waals surface area contributed by atoms with E-state index in [0.29, 0.717) is 12.8 Å². The van der Waals surface area contributed by atoms with Gasteiger partial charge >= 0.3 is 6.09 Å². The summed E-state index contributed by atoms with van der Waals surface area (Å²) in [6, 6.07) is 0. The molecule has 19 heavy (non-hydrogen) atoms. The van der Waals surface area contributed by atoms with Gasteiger partial charge in [0.25, 0.3) is 0 Å². The molecule has 2 amide bonds. The third kappa shape index (κ3) is 4.34. The Hall–Kier alpha value is -1.37. The number of carbonyl (C=O) groups excluding carboxylic acids is 2. The highest BCUT2D eigenvalue weighted by Crippen LogP contribution is 2.35. The molecule has 0 aromatic carbocycles. The smallest absolute Gasteiger partial charge is 0.404 e. The molecule has 5 N–H and O–H groups in total. The van der Waals surface area contributed by atoms with E-state index in [9.17, 15) is 9.59 Å². The number of nitrogens with one attached hydrogen (secondary N) is 1. The summed E-state index contributed by atoms with van der Waals surface area (Å²) < 4.78 is 4.56. The largest absolute Gasteiger partial charge is 0.448 e. The summed E-state index contributed by atoms with van der Waals surface area (Å²) >= 11 is 5.10. The number of amides is 2. The number of ether oxygens (including phenoxy) is 1. The molecule has 0 spiro atoms. The van der Waals surface area contributed by atoms with Gasteiger partial charge in [0, 0.05) is 0 Å². The summed E-state index contributed by atoms with van der Waals surface area (Å²) in [5.74, 6) is -0.171. The number of primary amides is 1. The Morgan fingerprint density at radius 1 is 1.16 bits per heavy atom. The zero-order valence-electron chi connectivity index (χ0n) is 10.9. The molecule has 0 aliphatic heterocycles. The van der Waals surface area contributed by atoms with Gasteiger partial charge in [0.2, 0.25) is 5.91 Å². The molecular formula is C12H21N3O3S. The second-order valence-electron chi connectivity index (χ2n) is 4.78. The van der Waals surface area contributed by atoms with Gasteiger partial charge in [0.05, 0.1) is 16.9 Å². The fourth-order valence-electron chi connectivity index (χ4n) is 2.40. The van der Waals surface area contributed by atoms with E-state index in [1.54, 1.807) is 0 Å². The van der Waals surface area contributed by atoms with Gasteiger partial charge in [0.1, 0.15) is 6.61 Å². The Bertz CT molecular complexity index is 352. The van der Waals surface area contributed by atoms with Crippen LogP contribution in [0, 0.1) is 5.41 Å². The fourth-order valence-corrected chi connectivity index (χ4v) is 2.70. The minimum atomic E-state index is -0.854. The van der Waals surface area contributed by atoms with Crippen LogP contribution in [0.15, 0.2) is 0 Å². The molecule has 0 unspecified atom stereocenters. The first-order valence-electron chi connectivity index (χ1n) is 6.49. The zero-order valence-corrected chi connectivity index (χ0v) is 11.8. The van der Waals surface area contributed by atoms with Crippen LogP contribution < -0.4 is 16.8 Å². The molecule has 7 heteroatoms. The van der Waals surface area contributed by atoms with E-state index >= 15 is 0 Å².